The lowest BCUT2D eigenvalue weighted by Crippen LogP contribution is -2.24. The number of hydrogen-bond acceptors (Lipinski definition) is 2. The van der Waals surface area contributed by atoms with Gasteiger partial charge < -0.3 is 4.79 Å². The quantitative estimate of drug-likeness (QED) is 0.585. The van der Waals surface area contributed by atoms with Crippen LogP contribution in [0.4, 0.5) is 0 Å². The van der Waals surface area contributed by atoms with Gasteiger partial charge in [0.1, 0.15) is 12.6 Å². The topological polar surface area (TPSA) is 34.1 Å². The summed E-state index contributed by atoms with van der Waals surface area (Å²) in [6, 6.07) is 0. The van der Waals surface area contributed by atoms with E-state index in [1.165, 1.54) is 0 Å². The molecule has 66 valence electrons. The van der Waals surface area contributed by atoms with Gasteiger partial charge in [-0.2, -0.15) is 0 Å². The highest BCUT2D eigenvalue weighted by atomic mass is 16.1. The zero-order valence-corrected chi connectivity index (χ0v) is 7.54. The van der Waals surface area contributed by atoms with E-state index in [-0.39, 0.29) is 0 Å². The molecule has 1 aliphatic rings. The minimum atomic E-state index is -0.409. The molecule has 1 aliphatic carbocycles. The third kappa shape index (κ3) is 1.81. The number of carbonyl (C=O) groups is 2. The van der Waals surface area contributed by atoms with Crippen LogP contribution in [0.15, 0.2) is 11.6 Å². The molecule has 12 heavy (non-hydrogen) atoms. The first-order valence-electron chi connectivity index (χ1n) is 4.23. The predicted octanol–water partition coefficient (Wildman–Crippen LogP) is 1.75. The van der Waals surface area contributed by atoms with Crippen LogP contribution in [0, 0.1) is 11.3 Å². The van der Waals surface area contributed by atoms with Crippen molar-refractivity contribution >= 4 is 12.6 Å². The van der Waals surface area contributed by atoms with Crippen LogP contribution in [0.1, 0.15) is 26.7 Å². The summed E-state index contributed by atoms with van der Waals surface area (Å²) in [7, 11) is 0. The van der Waals surface area contributed by atoms with Crippen molar-refractivity contribution in [3.05, 3.63) is 11.6 Å². The summed E-state index contributed by atoms with van der Waals surface area (Å²) < 4.78 is 0. The molecule has 0 amide bonds. The maximum atomic E-state index is 10.7. The second-order valence-corrected chi connectivity index (χ2v) is 3.97. The van der Waals surface area contributed by atoms with Gasteiger partial charge in [-0.25, -0.2) is 0 Å². The Morgan fingerprint density at radius 3 is 2.75 bits per heavy atom. The first-order chi connectivity index (χ1) is 5.59. The summed E-state index contributed by atoms with van der Waals surface area (Å²) in [5, 5.41) is 0. The zero-order valence-electron chi connectivity index (χ0n) is 7.54. The van der Waals surface area contributed by atoms with Gasteiger partial charge >= 0.3 is 0 Å². The van der Waals surface area contributed by atoms with E-state index in [2.05, 4.69) is 6.92 Å². The molecule has 2 atom stereocenters. The molecule has 0 spiro atoms. The summed E-state index contributed by atoms with van der Waals surface area (Å²) >= 11 is 0. The molecule has 0 aromatic heterocycles. The Kier molecular flexibility index (Phi) is 2.46. The predicted molar refractivity (Wildman–Crippen MR) is 46.7 cm³/mol. The number of allylic oxidation sites excluding steroid dienone is 2. The Bertz CT molecular complexity index is 230. The molecular weight excluding hydrogens is 152 g/mol. The highest BCUT2D eigenvalue weighted by Gasteiger charge is 2.28. The zero-order chi connectivity index (χ0) is 9.19. The van der Waals surface area contributed by atoms with Crippen molar-refractivity contribution in [1.29, 1.82) is 0 Å². The van der Waals surface area contributed by atoms with Crippen LogP contribution in [0.25, 0.3) is 0 Å². The van der Waals surface area contributed by atoms with Gasteiger partial charge in [0.25, 0.3) is 0 Å². The van der Waals surface area contributed by atoms with E-state index in [0.717, 1.165) is 31.0 Å². The maximum Gasteiger partial charge on any atom is 0.145 e. The van der Waals surface area contributed by atoms with Crippen molar-refractivity contribution in [2.45, 2.75) is 26.7 Å². The summed E-state index contributed by atoms with van der Waals surface area (Å²) in [6.45, 7) is 3.94. The number of rotatable bonds is 2. The summed E-state index contributed by atoms with van der Waals surface area (Å²) in [5.41, 5.74) is 0.358. The van der Waals surface area contributed by atoms with Crippen molar-refractivity contribution in [1.82, 2.24) is 0 Å². The highest BCUT2D eigenvalue weighted by molar-refractivity contribution is 5.76. The van der Waals surface area contributed by atoms with Crippen LogP contribution in [0.3, 0.4) is 0 Å². The number of hydrogen-bond donors (Lipinski definition) is 0. The van der Waals surface area contributed by atoms with E-state index in [4.69, 9.17) is 0 Å². The Morgan fingerprint density at radius 1 is 1.58 bits per heavy atom. The molecule has 0 aromatic rings. The first-order valence-corrected chi connectivity index (χ1v) is 4.23. The van der Waals surface area contributed by atoms with Crippen molar-refractivity contribution in [2.24, 2.45) is 11.3 Å². The summed E-state index contributed by atoms with van der Waals surface area (Å²) in [5.74, 6) is 0.436. The van der Waals surface area contributed by atoms with Crippen LogP contribution in [0.2, 0.25) is 0 Å². The molecule has 0 N–H and O–H groups in total. The van der Waals surface area contributed by atoms with Gasteiger partial charge in [-0.1, -0.05) is 13.0 Å². The molecule has 2 heteroatoms. The van der Waals surface area contributed by atoms with E-state index in [1.807, 2.05) is 6.92 Å². The van der Waals surface area contributed by atoms with Gasteiger partial charge in [-0.3, -0.25) is 4.79 Å². The third-order valence-corrected chi connectivity index (χ3v) is 2.31. The van der Waals surface area contributed by atoms with Crippen LogP contribution in [0.5, 0.6) is 0 Å². The maximum absolute atomic E-state index is 10.7. The number of carbonyl (C=O) groups excluding carboxylic acids is 2. The van der Waals surface area contributed by atoms with Gasteiger partial charge in [0.05, 0.1) is 0 Å². The molecule has 0 aromatic carbocycles. The normalized spacial score (nSPS) is 35.5. The molecule has 0 bridgehead atoms. The Balaban J connectivity index is 2.91. The van der Waals surface area contributed by atoms with Crippen molar-refractivity contribution in [2.75, 3.05) is 0 Å². The lowest BCUT2D eigenvalue weighted by molar-refractivity contribution is -0.114. The fourth-order valence-corrected chi connectivity index (χ4v) is 1.93. The fraction of sp³-hybridized carbons (Fsp3) is 0.600. The average Bonchev–Trinajstić information content (AvgIpc) is 2.03. The SMILES string of the molecule is CC1CC(C=O)=CC(C)(C=O)C1. The van der Waals surface area contributed by atoms with Crippen LogP contribution in [-0.2, 0) is 9.59 Å². The molecule has 0 fully saturated rings. The van der Waals surface area contributed by atoms with Gasteiger partial charge in [-0.05, 0) is 31.3 Å². The molecule has 0 saturated heterocycles. The van der Waals surface area contributed by atoms with Gasteiger partial charge in [-0.15, -0.1) is 0 Å². The third-order valence-electron chi connectivity index (χ3n) is 2.31. The van der Waals surface area contributed by atoms with Crippen LogP contribution in [-0.4, -0.2) is 12.6 Å². The van der Waals surface area contributed by atoms with Gasteiger partial charge in [0, 0.05) is 5.41 Å². The minimum Gasteiger partial charge on any atom is -0.302 e. The first kappa shape index (κ1) is 9.17. The molecule has 0 aliphatic heterocycles. The molecule has 0 radical (unpaired) electrons. The minimum absolute atomic E-state index is 0.409. The smallest absolute Gasteiger partial charge is 0.145 e. The standard InChI is InChI=1S/C10H14O2/c1-8-3-9(6-11)5-10(2,4-8)7-12/h5-8H,3-4H2,1-2H3. The van der Waals surface area contributed by atoms with Crippen molar-refractivity contribution < 1.29 is 9.59 Å². The fourth-order valence-electron chi connectivity index (χ4n) is 1.93. The summed E-state index contributed by atoms with van der Waals surface area (Å²) in [4.78, 5) is 21.3. The largest absolute Gasteiger partial charge is 0.302 e. The molecule has 0 saturated carbocycles. The van der Waals surface area contributed by atoms with E-state index >= 15 is 0 Å². The molecular formula is C10H14O2. The molecule has 1 rings (SSSR count). The van der Waals surface area contributed by atoms with E-state index in [0.29, 0.717) is 5.92 Å². The van der Waals surface area contributed by atoms with Gasteiger partial charge in [0.15, 0.2) is 0 Å². The highest BCUT2D eigenvalue weighted by Crippen LogP contribution is 2.34. The monoisotopic (exact) mass is 166 g/mol. The van der Waals surface area contributed by atoms with Crippen LogP contribution < -0.4 is 0 Å². The van der Waals surface area contributed by atoms with E-state index < -0.39 is 5.41 Å². The van der Waals surface area contributed by atoms with Crippen molar-refractivity contribution in [3.63, 3.8) is 0 Å². The second-order valence-electron chi connectivity index (χ2n) is 3.97. The Hall–Kier alpha value is -0.920. The second kappa shape index (κ2) is 3.21. The molecule has 0 heterocycles. The molecule has 2 unspecified atom stereocenters. The summed E-state index contributed by atoms with van der Waals surface area (Å²) in [6.07, 6.45) is 5.26. The van der Waals surface area contributed by atoms with Crippen molar-refractivity contribution in [3.8, 4) is 0 Å². The van der Waals surface area contributed by atoms with E-state index in [9.17, 15) is 9.59 Å². The number of aldehydes is 2. The lowest BCUT2D eigenvalue weighted by Gasteiger charge is -2.28. The molecule has 2 nitrogen and oxygen atoms in total. The van der Waals surface area contributed by atoms with E-state index in [1.54, 1.807) is 6.08 Å². The van der Waals surface area contributed by atoms with Gasteiger partial charge in [0.2, 0.25) is 0 Å². The Morgan fingerprint density at radius 2 is 2.25 bits per heavy atom. The van der Waals surface area contributed by atoms with Crippen LogP contribution >= 0.6 is 0 Å². The lowest BCUT2D eigenvalue weighted by atomic mass is 9.74. The average molecular weight is 166 g/mol. The Labute approximate surface area is 72.7 Å².